The molecule has 2 aromatic rings. The second kappa shape index (κ2) is 8.63. The number of amides is 1. The minimum absolute atomic E-state index is 0.0953. The highest BCUT2D eigenvalue weighted by atomic mass is 35.5. The van der Waals surface area contributed by atoms with Crippen LogP contribution in [-0.4, -0.2) is 40.0 Å². The van der Waals surface area contributed by atoms with E-state index in [0.29, 0.717) is 24.4 Å². The Bertz CT molecular complexity index is 821. The van der Waals surface area contributed by atoms with Crippen molar-refractivity contribution < 1.29 is 9.53 Å². The molecule has 0 bridgehead atoms. The monoisotopic (exact) mass is 370 g/mol. The van der Waals surface area contributed by atoms with Gasteiger partial charge in [0.15, 0.2) is 0 Å². The van der Waals surface area contributed by atoms with E-state index in [2.05, 4.69) is 9.97 Å². The molecule has 0 spiro atoms. The summed E-state index contributed by atoms with van der Waals surface area (Å²) in [6, 6.07) is 9.54. The number of ether oxygens (including phenoxy) is 1. The Balaban J connectivity index is 1.56. The Morgan fingerprint density at radius 3 is 3.04 bits per heavy atom. The molecule has 1 aromatic carbocycles. The number of rotatable bonds is 5. The van der Waals surface area contributed by atoms with E-state index in [-0.39, 0.29) is 23.6 Å². The molecule has 1 saturated heterocycles. The van der Waals surface area contributed by atoms with Gasteiger partial charge in [-0.3, -0.25) is 4.79 Å². The number of likely N-dealkylation sites (tertiary alicyclic amines) is 1. The van der Waals surface area contributed by atoms with Gasteiger partial charge in [-0.25, -0.2) is 9.97 Å². The van der Waals surface area contributed by atoms with Crippen LogP contribution in [0.2, 0.25) is 5.02 Å². The standard InChI is InChI=1S/C19H19ClN4O2/c20-15-4-1-3-14(11-15)6-7-18(25)24-10-2-5-16(13-24)26-19-17(12-21)22-8-9-23-19/h1,3-4,8-9,11,16H,2,5-7,10,13H2. The first-order valence-electron chi connectivity index (χ1n) is 8.55. The molecule has 1 unspecified atom stereocenters. The Morgan fingerprint density at radius 1 is 1.38 bits per heavy atom. The van der Waals surface area contributed by atoms with Gasteiger partial charge in [0.05, 0.1) is 6.54 Å². The minimum atomic E-state index is -0.178. The van der Waals surface area contributed by atoms with Gasteiger partial charge in [-0.1, -0.05) is 23.7 Å². The molecule has 134 valence electrons. The van der Waals surface area contributed by atoms with E-state index < -0.39 is 0 Å². The second-order valence-electron chi connectivity index (χ2n) is 6.17. The van der Waals surface area contributed by atoms with Gasteiger partial charge in [0.1, 0.15) is 12.2 Å². The summed E-state index contributed by atoms with van der Waals surface area (Å²) in [5, 5.41) is 9.76. The first-order chi connectivity index (χ1) is 12.7. The van der Waals surface area contributed by atoms with Crippen LogP contribution in [0.25, 0.3) is 0 Å². The maximum Gasteiger partial charge on any atom is 0.251 e. The number of benzene rings is 1. The van der Waals surface area contributed by atoms with Crippen LogP contribution in [0.5, 0.6) is 5.88 Å². The molecule has 1 aliphatic rings. The van der Waals surface area contributed by atoms with E-state index in [9.17, 15) is 4.79 Å². The average Bonchev–Trinajstić information content (AvgIpc) is 2.67. The Morgan fingerprint density at radius 2 is 2.23 bits per heavy atom. The first kappa shape index (κ1) is 18.2. The first-order valence-corrected chi connectivity index (χ1v) is 8.93. The smallest absolute Gasteiger partial charge is 0.251 e. The lowest BCUT2D eigenvalue weighted by Gasteiger charge is -2.32. The molecule has 1 aliphatic heterocycles. The fourth-order valence-electron chi connectivity index (χ4n) is 3.01. The van der Waals surface area contributed by atoms with Crippen LogP contribution in [0, 0.1) is 11.3 Å². The number of piperidine rings is 1. The Labute approximate surface area is 157 Å². The molecular formula is C19H19ClN4O2. The molecule has 1 amide bonds. The second-order valence-corrected chi connectivity index (χ2v) is 6.61. The van der Waals surface area contributed by atoms with Crippen molar-refractivity contribution in [1.82, 2.24) is 14.9 Å². The number of aromatic nitrogens is 2. The number of nitrogens with zero attached hydrogens (tertiary/aromatic N) is 4. The highest BCUT2D eigenvalue weighted by Gasteiger charge is 2.25. The number of nitriles is 1. The number of halogens is 1. The quantitative estimate of drug-likeness (QED) is 0.808. The SMILES string of the molecule is N#Cc1nccnc1OC1CCCN(C(=O)CCc2cccc(Cl)c2)C1. The van der Waals surface area contributed by atoms with E-state index in [0.717, 1.165) is 24.9 Å². The zero-order chi connectivity index (χ0) is 18.4. The van der Waals surface area contributed by atoms with Crippen molar-refractivity contribution >= 4 is 17.5 Å². The summed E-state index contributed by atoms with van der Waals surface area (Å²) in [6.45, 7) is 1.22. The summed E-state index contributed by atoms with van der Waals surface area (Å²) >= 11 is 5.98. The lowest BCUT2D eigenvalue weighted by Crippen LogP contribution is -2.44. The molecule has 3 rings (SSSR count). The summed E-state index contributed by atoms with van der Waals surface area (Å²) in [4.78, 5) is 22.4. The van der Waals surface area contributed by atoms with Crippen molar-refractivity contribution in [3.63, 3.8) is 0 Å². The normalized spacial score (nSPS) is 16.8. The lowest BCUT2D eigenvalue weighted by molar-refractivity contribution is -0.133. The summed E-state index contributed by atoms with van der Waals surface area (Å²) in [7, 11) is 0. The number of hydrogen-bond acceptors (Lipinski definition) is 5. The van der Waals surface area contributed by atoms with Crippen molar-refractivity contribution in [3.8, 4) is 11.9 Å². The highest BCUT2D eigenvalue weighted by molar-refractivity contribution is 6.30. The van der Waals surface area contributed by atoms with Gasteiger partial charge in [-0.05, 0) is 37.0 Å². The number of aryl methyl sites for hydroxylation is 1. The molecule has 1 fully saturated rings. The van der Waals surface area contributed by atoms with Crippen LogP contribution in [0.1, 0.15) is 30.5 Å². The molecule has 1 atom stereocenters. The van der Waals surface area contributed by atoms with Crippen molar-refractivity contribution in [2.75, 3.05) is 13.1 Å². The van der Waals surface area contributed by atoms with Gasteiger partial charge >= 0.3 is 0 Å². The molecule has 2 heterocycles. The molecule has 0 saturated carbocycles. The van der Waals surface area contributed by atoms with Gasteiger partial charge in [0.25, 0.3) is 5.88 Å². The molecule has 26 heavy (non-hydrogen) atoms. The molecule has 0 N–H and O–H groups in total. The van der Waals surface area contributed by atoms with Crippen LogP contribution in [0.3, 0.4) is 0 Å². The number of carbonyl (C=O) groups is 1. The van der Waals surface area contributed by atoms with Crippen molar-refractivity contribution in [2.45, 2.75) is 31.8 Å². The summed E-state index contributed by atoms with van der Waals surface area (Å²) < 4.78 is 5.83. The maximum atomic E-state index is 12.5. The third-order valence-corrected chi connectivity index (χ3v) is 4.53. The third-order valence-electron chi connectivity index (χ3n) is 4.30. The number of hydrogen-bond donors (Lipinski definition) is 0. The summed E-state index contributed by atoms with van der Waals surface area (Å²) in [6.07, 6.45) is 5.54. The zero-order valence-corrected chi connectivity index (χ0v) is 15.0. The topological polar surface area (TPSA) is 79.1 Å². The van der Waals surface area contributed by atoms with E-state index in [1.807, 2.05) is 35.2 Å². The molecule has 7 heteroatoms. The highest BCUT2D eigenvalue weighted by Crippen LogP contribution is 2.20. The molecule has 1 aromatic heterocycles. The van der Waals surface area contributed by atoms with Gasteiger partial charge in [-0.2, -0.15) is 5.26 Å². The predicted molar refractivity (Wildman–Crippen MR) is 96.8 cm³/mol. The number of carbonyl (C=O) groups excluding carboxylic acids is 1. The van der Waals surface area contributed by atoms with Gasteiger partial charge in [0, 0.05) is 30.4 Å². The largest absolute Gasteiger partial charge is 0.470 e. The zero-order valence-electron chi connectivity index (χ0n) is 14.3. The van der Waals surface area contributed by atoms with Crippen LogP contribution in [0.15, 0.2) is 36.7 Å². The Hall–Kier alpha value is -2.65. The van der Waals surface area contributed by atoms with E-state index >= 15 is 0 Å². The van der Waals surface area contributed by atoms with Crippen molar-refractivity contribution in [3.05, 3.63) is 52.9 Å². The molecular weight excluding hydrogens is 352 g/mol. The third kappa shape index (κ3) is 4.70. The summed E-state index contributed by atoms with van der Waals surface area (Å²) in [5.41, 5.74) is 1.21. The van der Waals surface area contributed by atoms with Gasteiger partial charge < -0.3 is 9.64 Å². The van der Waals surface area contributed by atoms with Crippen molar-refractivity contribution in [2.24, 2.45) is 0 Å². The molecule has 0 radical (unpaired) electrons. The van der Waals surface area contributed by atoms with Crippen LogP contribution >= 0.6 is 11.6 Å². The molecule has 0 aliphatic carbocycles. The average molecular weight is 371 g/mol. The van der Waals surface area contributed by atoms with Gasteiger partial charge in [-0.15, -0.1) is 0 Å². The fourth-order valence-corrected chi connectivity index (χ4v) is 3.22. The summed E-state index contributed by atoms with van der Waals surface area (Å²) in [5.74, 6) is 0.325. The van der Waals surface area contributed by atoms with Gasteiger partial charge in [0.2, 0.25) is 11.6 Å². The van der Waals surface area contributed by atoms with E-state index in [4.69, 9.17) is 21.6 Å². The predicted octanol–water partition coefficient (Wildman–Crippen LogP) is 3.00. The van der Waals surface area contributed by atoms with Crippen LogP contribution in [0.4, 0.5) is 0 Å². The Kier molecular flexibility index (Phi) is 6.03. The van der Waals surface area contributed by atoms with Crippen molar-refractivity contribution in [1.29, 1.82) is 5.26 Å². The van der Waals surface area contributed by atoms with E-state index in [1.54, 1.807) is 0 Å². The van der Waals surface area contributed by atoms with Crippen LogP contribution < -0.4 is 4.74 Å². The van der Waals surface area contributed by atoms with E-state index in [1.165, 1.54) is 12.4 Å². The molecule has 6 nitrogen and oxygen atoms in total. The van der Waals surface area contributed by atoms with Crippen LogP contribution in [-0.2, 0) is 11.2 Å². The maximum absolute atomic E-state index is 12.5. The minimum Gasteiger partial charge on any atom is -0.470 e. The lowest BCUT2D eigenvalue weighted by atomic mass is 10.1. The fraction of sp³-hybridized carbons (Fsp3) is 0.368.